The zero-order valence-corrected chi connectivity index (χ0v) is 12.3. The summed E-state index contributed by atoms with van der Waals surface area (Å²) in [6.45, 7) is 9.11. The minimum absolute atomic E-state index is 0.0181. The fourth-order valence-corrected chi connectivity index (χ4v) is 2.25. The van der Waals surface area contributed by atoms with E-state index in [0.29, 0.717) is 0 Å². The lowest BCUT2D eigenvalue weighted by Crippen LogP contribution is -2.49. The molecule has 1 atom stereocenters. The molecule has 0 aliphatic carbocycles. The summed E-state index contributed by atoms with van der Waals surface area (Å²) >= 11 is 0. The monoisotopic (exact) mass is 255 g/mol. The first-order valence-electron chi connectivity index (χ1n) is 7.02. The molecule has 3 N–H and O–H groups in total. The molecule has 0 aromatic heterocycles. The fraction of sp³-hybridized carbons (Fsp3) is 0.929. The average Bonchev–Trinajstić information content (AvgIpc) is 2.29. The van der Waals surface area contributed by atoms with Crippen molar-refractivity contribution in [3.8, 4) is 0 Å². The number of hydrogen-bond donors (Lipinski definition) is 2. The molecule has 4 heteroatoms. The highest BCUT2D eigenvalue weighted by Gasteiger charge is 2.27. The second kappa shape index (κ2) is 6.53. The molecular formula is C14H29N3O. The van der Waals surface area contributed by atoms with Crippen LogP contribution in [0.25, 0.3) is 0 Å². The molecule has 0 spiro atoms. The lowest BCUT2D eigenvalue weighted by Gasteiger charge is -2.29. The number of piperidine rings is 1. The van der Waals surface area contributed by atoms with Crippen molar-refractivity contribution in [2.24, 2.45) is 17.1 Å². The van der Waals surface area contributed by atoms with Gasteiger partial charge in [0.15, 0.2) is 0 Å². The lowest BCUT2D eigenvalue weighted by atomic mass is 9.87. The van der Waals surface area contributed by atoms with Crippen LogP contribution in [0.2, 0.25) is 0 Å². The molecular weight excluding hydrogens is 226 g/mol. The van der Waals surface area contributed by atoms with E-state index in [1.165, 1.54) is 25.9 Å². The number of rotatable bonds is 4. The average molecular weight is 255 g/mol. The molecule has 106 valence electrons. The third-order valence-corrected chi connectivity index (χ3v) is 3.91. The van der Waals surface area contributed by atoms with Crippen LogP contribution >= 0.6 is 0 Å². The maximum Gasteiger partial charge on any atom is 0.237 e. The number of nitrogens with one attached hydrogen (secondary N) is 1. The molecule has 1 fully saturated rings. The third-order valence-electron chi connectivity index (χ3n) is 3.91. The molecule has 1 aliphatic heterocycles. The van der Waals surface area contributed by atoms with Crippen LogP contribution in [-0.2, 0) is 4.79 Å². The Morgan fingerprint density at radius 2 is 1.94 bits per heavy atom. The number of amides is 1. The smallest absolute Gasteiger partial charge is 0.237 e. The van der Waals surface area contributed by atoms with Crippen molar-refractivity contribution in [3.05, 3.63) is 0 Å². The standard InChI is InChI=1S/C14H29N3O/c1-14(2,3)12(15)13(18)16-8-5-11-6-9-17(4)10-7-11/h11-12H,5-10,15H2,1-4H3,(H,16,18)/t12-/m1/s1. The fourth-order valence-electron chi connectivity index (χ4n) is 2.25. The summed E-state index contributed by atoms with van der Waals surface area (Å²) in [6.07, 6.45) is 3.58. The number of nitrogens with zero attached hydrogens (tertiary/aromatic N) is 1. The highest BCUT2D eigenvalue weighted by atomic mass is 16.2. The Labute approximate surface area is 111 Å². The van der Waals surface area contributed by atoms with Gasteiger partial charge in [-0.05, 0) is 50.7 Å². The van der Waals surface area contributed by atoms with Crippen LogP contribution in [-0.4, -0.2) is 43.5 Å². The van der Waals surface area contributed by atoms with Crippen LogP contribution < -0.4 is 11.1 Å². The van der Waals surface area contributed by atoms with Crippen LogP contribution in [0, 0.1) is 11.3 Å². The van der Waals surface area contributed by atoms with Crippen LogP contribution in [0.4, 0.5) is 0 Å². The largest absolute Gasteiger partial charge is 0.355 e. The van der Waals surface area contributed by atoms with E-state index in [9.17, 15) is 4.79 Å². The Balaban J connectivity index is 2.20. The van der Waals surface area contributed by atoms with E-state index in [2.05, 4.69) is 17.3 Å². The Bertz CT molecular complexity index is 265. The molecule has 0 aromatic carbocycles. The first-order valence-corrected chi connectivity index (χ1v) is 7.02. The SMILES string of the molecule is CN1CCC(CCNC(=O)[C@@H](N)C(C)(C)C)CC1. The van der Waals surface area contributed by atoms with Gasteiger partial charge in [-0.25, -0.2) is 0 Å². The summed E-state index contributed by atoms with van der Waals surface area (Å²) in [7, 11) is 2.17. The number of nitrogens with two attached hydrogens (primary N) is 1. The Hall–Kier alpha value is -0.610. The summed E-state index contributed by atoms with van der Waals surface area (Å²) < 4.78 is 0. The Kier molecular flexibility index (Phi) is 5.60. The molecule has 0 aromatic rings. The molecule has 0 radical (unpaired) electrons. The van der Waals surface area contributed by atoms with Crippen LogP contribution in [0.15, 0.2) is 0 Å². The molecule has 1 heterocycles. The summed E-state index contributed by atoms with van der Waals surface area (Å²) in [5.74, 6) is 0.739. The predicted octanol–water partition coefficient (Wildman–Crippen LogP) is 1.21. The maximum absolute atomic E-state index is 11.8. The van der Waals surface area contributed by atoms with Gasteiger partial charge in [-0.2, -0.15) is 0 Å². The summed E-state index contributed by atoms with van der Waals surface area (Å²) in [5.41, 5.74) is 5.74. The molecule has 1 saturated heterocycles. The zero-order chi connectivity index (χ0) is 13.8. The second-order valence-electron chi connectivity index (χ2n) is 6.67. The van der Waals surface area contributed by atoms with Gasteiger partial charge in [0.1, 0.15) is 0 Å². The van der Waals surface area contributed by atoms with E-state index < -0.39 is 6.04 Å². The Morgan fingerprint density at radius 3 is 2.44 bits per heavy atom. The van der Waals surface area contributed by atoms with Crippen LogP contribution in [0.5, 0.6) is 0 Å². The third kappa shape index (κ3) is 4.94. The van der Waals surface area contributed by atoms with Gasteiger partial charge in [0.2, 0.25) is 5.91 Å². The first kappa shape index (κ1) is 15.4. The van der Waals surface area contributed by atoms with Gasteiger partial charge in [-0.1, -0.05) is 20.8 Å². The number of carbonyl (C=O) groups excluding carboxylic acids is 1. The van der Waals surface area contributed by atoms with Crippen molar-refractivity contribution in [3.63, 3.8) is 0 Å². The first-order chi connectivity index (χ1) is 8.30. The van der Waals surface area contributed by atoms with E-state index in [1.54, 1.807) is 0 Å². The highest BCUT2D eigenvalue weighted by molar-refractivity contribution is 5.82. The maximum atomic E-state index is 11.8. The minimum Gasteiger partial charge on any atom is -0.355 e. The van der Waals surface area contributed by atoms with E-state index in [1.807, 2.05) is 20.8 Å². The van der Waals surface area contributed by atoms with Crippen molar-refractivity contribution in [2.75, 3.05) is 26.7 Å². The molecule has 1 rings (SSSR count). The van der Waals surface area contributed by atoms with Gasteiger partial charge < -0.3 is 16.0 Å². The van der Waals surface area contributed by atoms with E-state index >= 15 is 0 Å². The van der Waals surface area contributed by atoms with E-state index in [0.717, 1.165) is 18.9 Å². The zero-order valence-electron chi connectivity index (χ0n) is 12.3. The molecule has 18 heavy (non-hydrogen) atoms. The van der Waals surface area contributed by atoms with Gasteiger partial charge >= 0.3 is 0 Å². The number of hydrogen-bond acceptors (Lipinski definition) is 3. The van der Waals surface area contributed by atoms with Crippen molar-refractivity contribution in [1.82, 2.24) is 10.2 Å². The van der Waals surface area contributed by atoms with Crippen molar-refractivity contribution >= 4 is 5.91 Å². The van der Waals surface area contributed by atoms with Gasteiger partial charge in [0, 0.05) is 6.54 Å². The summed E-state index contributed by atoms with van der Waals surface area (Å²) in [6, 6.07) is -0.421. The number of carbonyl (C=O) groups is 1. The normalized spacial score (nSPS) is 20.7. The van der Waals surface area contributed by atoms with Crippen molar-refractivity contribution in [1.29, 1.82) is 0 Å². The van der Waals surface area contributed by atoms with Crippen LogP contribution in [0.1, 0.15) is 40.0 Å². The van der Waals surface area contributed by atoms with Gasteiger partial charge in [0.25, 0.3) is 0 Å². The molecule has 4 nitrogen and oxygen atoms in total. The molecule has 1 amide bonds. The van der Waals surface area contributed by atoms with Gasteiger partial charge in [-0.15, -0.1) is 0 Å². The molecule has 0 bridgehead atoms. The van der Waals surface area contributed by atoms with Gasteiger partial charge in [-0.3, -0.25) is 4.79 Å². The number of likely N-dealkylation sites (tertiary alicyclic amines) is 1. The quantitative estimate of drug-likeness (QED) is 0.794. The Morgan fingerprint density at radius 1 is 1.39 bits per heavy atom. The summed E-state index contributed by atoms with van der Waals surface area (Å²) in [4.78, 5) is 14.2. The molecule has 0 saturated carbocycles. The van der Waals surface area contributed by atoms with E-state index in [4.69, 9.17) is 5.73 Å². The lowest BCUT2D eigenvalue weighted by molar-refractivity contribution is -0.124. The molecule has 1 aliphatic rings. The van der Waals surface area contributed by atoms with E-state index in [-0.39, 0.29) is 11.3 Å². The van der Waals surface area contributed by atoms with Crippen LogP contribution in [0.3, 0.4) is 0 Å². The van der Waals surface area contributed by atoms with Gasteiger partial charge in [0.05, 0.1) is 6.04 Å². The summed E-state index contributed by atoms with van der Waals surface area (Å²) in [5, 5.41) is 2.97. The topological polar surface area (TPSA) is 58.4 Å². The molecule has 0 unspecified atom stereocenters. The highest BCUT2D eigenvalue weighted by Crippen LogP contribution is 2.19. The second-order valence-corrected chi connectivity index (χ2v) is 6.67. The van der Waals surface area contributed by atoms with Crippen molar-refractivity contribution in [2.45, 2.75) is 46.1 Å². The van der Waals surface area contributed by atoms with Crippen molar-refractivity contribution < 1.29 is 4.79 Å². The predicted molar refractivity (Wildman–Crippen MR) is 75.3 cm³/mol. The minimum atomic E-state index is -0.421.